The third kappa shape index (κ3) is 3.70. The maximum atomic E-state index is 7.38. The van der Waals surface area contributed by atoms with Crippen molar-refractivity contribution in [2.75, 3.05) is 31.2 Å². The number of halogens is 1. The van der Waals surface area contributed by atoms with E-state index in [4.69, 9.17) is 21.1 Å². The van der Waals surface area contributed by atoms with Gasteiger partial charge in [-0.15, -0.1) is 0 Å². The van der Waals surface area contributed by atoms with E-state index >= 15 is 0 Å². The Kier molecular flexibility index (Phi) is 5.79. The predicted octanol–water partition coefficient (Wildman–Crippen LogP) is 8.99. The standard InChI is InChI=1S/C38H32ClNO2/c1-37(2)33-10-6-5-9-31(33)34-29-7-3-4-8-30(29)36-32(35(34)37)19-20-38(42-36,25-11-15-27(39)16-12-25)26-13-17-28(18-14-26)40-21-23-41-24-22-40/h3-20H,21-24H2,1-2H3. The fourth-order valence-corrected chi connectivity index (χ4v) is 7.44. The zero-order valence-corrected chi connectivity index (χ0v) is 24.6. The highest BCUT2D eigenvalue weighted by Crippen LogP contribution is 2.58. The number of rotatable bonds is 3. The van der Waals surface area contributed by atoms with Crippen LogP contribution in [0.3, 0.4) is 0 Å². The highest BCUT2D eigenvalue weighted by molar-refractivity contribution is 6.30. The lowest BCUT2D eigenvalue weighted by Gasteiger charge is -2.38. The van der Waals surface area contributed by atoms with Gasteiger partial charge in [0.2, 0.25) is 0 Å². The van der Waals surface area contributed by atoms with Gasteiger partial charge >= 0.3 is 0 Å². The second-order valence-corrected chi connectivity index (χ2v) is 12.5. The van der Waals surface area contributed by atoms with Crippen LogP contribution in [-0.4, -0.2) is 26.3 Å². The minimum Gasteiger partial charge on any atom is -0.472 e. The largest absolute Gasteiger partial charge is 0.472 e. The van der Waals surface area contributed by atoms with Gasteiger partial charge < -0.3 is 14.4 Å². The van der Waals surface area contributed by atoms with Gasteiger partial charge in [0, 0.05) is 51.3 Å². The maximum absolute atomic E-state index is 7.38. The molecule has 0 saturated carbocycles. The number of benzene rings is 5. The van der Waals surface area contributed by atoms with Gasteiger partial charge in [-0.2, -0.15) is 0 Å². The zero-order chi connectivity index (χ0) is 28.5. The quantitative estimate of drug-likeness (QED) is 0.216. The van der Waals surface area contributed by atoms with Crippen molar-refractivity contribution in [2.45, 2.75) is 24.9 Å². The second-order valence-electron chi connectivity index (χ2n) is 12.0. The number of fused-ring (bicyclic) bond motifs is 8. The van der Waals surface area contributed by atoms with Gasteiger partial charge in [-0.25, -0.2) is 0 Å². The minimum atomic E-state index is -0.812. The summed E-state index contributed by atoms with van der Waals surface area (Å²) >= 11 is 6.37. The van der Waals surface area contributed by atoms with Crippen LogP contribution in [0.25, 0.3) is 28.0 Å². The fourth-order valence-electron chi connectivity index (χ4n) is 7.32. The molecule has 0 amide bonds. The molecule has 0 N–H and O–H groups in total. The molecule has 2 aliphatic heterocycles. The van der Waals surface area contributed by atoms with Crippen LogP contribution >= 0.6 is 11.6 Å². The molecule has 1 atom stereocenters. The first-order valence-corrected chi connectivity index (χ1v) is 15.1. The summed E-state index contributed by atoms with van der Waals surface area (Å²) in [4.78, 5) is 2.38. The third-order valence-electron chi connectivity index (χ3n) is 9.39. The molecule has 0 spiro atoms. The van der Waals surface area contributed by atoms with E-state index in [0.717, 1.165) is 48.6 Å². The smallest absolute Gasteiger partial charge is 0.178 e. The SMILES string of the molecule is CC1(C)c2ccccc2-c2c1c1c(c3ccccc23)OC(c2ccc(Cl)cc2)(c2ccc(N3CCOCC3)cc2)C=C1. The summed E-state index contributed by atoms with van der Waals surface area (Å²) in [7, 11) is 0. The molecule has 0 bridgehead atoms. The molecule has 3 nitrogen and oxygen atoms in total. The monoisotopic (exact) mass is 569 g/mol. The van der Waals surface area contributed by atoms with E-state index in [1.807, 2.05) is 12.1 Å². The lowest BCUT2D eigenvalue weighted by atomic mass is 9.77. The van der Waals surface area contributed by atoms with Crippen molar-refractivity contribution in [2.24, 2.45) is 0 Å². The Labute approximate surface area is 252 Å². The predicted molar refractivity (Wildman–Crippen MR) is 173 cm³/mol. The maximum Gasteiger partial charge on any atom is 0.178 e. The van der Waals surface area contributed by atoms with Crippen LogP contribution in [0.15, 0.2) is 103 Å². The normalized spacial score (nSPS) is 20.1. The number of ether oxygens (including phenoxy) is 2. The van der Waals surface area contributed by atoms with Crippen molar-refractivity contribution in [1.82, 2.24) is 0 Å². The average molecular weight is 570 g/mol. The van der Waals surface area contributed by atoms with Crippen LogP contribution in [0.4, 0.5) is 5.69 Å². The molecular weight excluding hydrogens is 538 g/mol. The van der Waals surface area contributed by atoms with Crippen LogP contribution in [0, 0.1) is 0 Å². The van der Waals surface area contributed by atoms with Gasteiger partial charge in [0.1, 0.15) is 5.75 Å². The molecule has 42 heavy (non-hydrogen) atoms. The molecule has 3 aliphatic rings. The van der Waals surface area contributed by atoms with E-state index in [1.165, 1.54) is 38.9 Å². The lowest BCUT2D eigenvalue weighted by molar-refractivity contribution is 0.122. The number of hydrogen-bond acceptors (Lipinski definition) is 3. The van der Waals surface area contributed by atoms with Crippen LogP contribution in [0.5, 0.6) is 5.75 Å². The van der Waals surface area contributed by atoms with Crippen LogP contribution < -0.4 is 9.64 Å². The van der Waals surface area contributed by atoms with Crippen molar-refractivity contribution in [1.29, 1.82) is 0 Å². The highest BCUT2D eigenvalue weighted by atomic mass is 35.5. The summed E-state index contributed by atoms with van der Waals surface area (Å²) in [6, 6.07) is 34.5. The molecule has 1 saturated heterocycles. The molecule has 1 unspecified atom stereocenters. The number of anilines is 1. The van der Waals surface area contributed by atoms with Crippen molar-refractivity contribution >= 4 is 34.1 Å². The summed E-state index contributed by atoms with van der Waals surface area (Å²) in [6.45, 7) is 8.01. The summed E-state index contributed by atoms with van der Waals surface area (Å²) in [6.07, 6.45) is 4.55. The molecule has 208 valence electrons. The molecule has 5 aromatic carbocycles. The van der Waals surface area contributed by atoms with Gasteiger partial charge in [0.15, 0.2) is 5.60 Å². The topological polar surface area (TPSA) is 21.7 Å². The molecule has 5 aromatic rings. The van der Waals surface area contributed by atoms with Gasteiger partial charge in [-0.3, -0.25) is 0 Å². The van der Waals surface area contributed by atoms with Crippen LogP contribution in [0.2, 0.25) is 5.02 Å². The van der Waals surface area contributed by atoms with E-state index < -0.39 is 5.60 Å². The summed E-state index contributed by atoms with van der Waals surface area (Å²) in [5.41, 5.74) is 8.86. The Balaban J connectivity index is 1.35. The van der Waals surface area contributed by atoms with Crippen LogP contribution in [-0.2, 0) is 15.8 Å². The molecule has 8 rings (SSSR count). The van der Waals surface area contributed by atoms with E-state index in [0.29, 0.717) is 5.02 Å². The number of nitrogens with zero attached hydrogens (tertiary/aromatic N) is 1. The first-order valence-electron chi connectivity index (χ1n) is 14.7. The van der Waals surface area contributed by atoms with Gasteiger partial charge in [0.25, 0.3) is 0 Å². The number of hydrogen-bond donors (Lipinski definition) is 0. The molecule has 0 radical (unpaired) electrons. The second kappa shape index (κ2) is 9.49. The van der Waals surface area contributed by atoms with Crippen molar-refractivity contribution in [3.63, 3.8) is 0 Å². The summed E-state index contributed by atoms with van der Waals surface area (Å²) in [5.74, 6) is 0.930. The zero-order valence-electron chi connectivity index (χ0n) is 23.9. The third-order valence-corrected chi connectivity index (χ3v) is 9.64. The first kappa shape index (κ1) is 25.6. The van der Waals surface area contributed by atoms with Gasteiger partial charge in [-0.05, 0) is 58.0 Å². The van der Waals surface area contributed by atoms with Crippen LogP contribution in [0.1, 0.15) is 41.7 Å². The highest BCUT2D eigenvalue weighted by Gasteiger charge is 2.44. The van der Waals surface area contributed by atoms with E-state index in [9.17, 15) is 0 Å². The van der Waals surface area contributed by atoms with Crippen molar-refractivity contribution in [3.05, 3.63) is 136 Å². The van der Waals surface area contributed by atoms with Gasteiger partial charge in [-0.1, -0.05) is 104 Å². The lowest BCUT2D eigenvalue weighted by Crippen LogP contribution is -2.37. The van der Waals surface area contributed by atoms with Crippen molar-refractivity contribution < 1.29 is 9.47 Å². The van der Waals surface area contributed by atoms with Gasteiger partial charge in [0.05, 0.1) is 13.2 Å². The fraction of sp³-hybridized carbons (Fsp3) is 0.211. The van der Waals surface area contributed by atoms with E-state index in [2.05, 4.69) is 116 Å². The molecular formula is C38H32ClNO2. The molecule has 0 aromatic heterocycles. The minimum absolute atomic E-state index is 0.159. The molecule has 1 aliphatic carbocycles. The first-order chi connectivity index (χ1) is 20.5. The average Bonchev–Trinajstić information content (AvgIpc) is 3.29. The summed E-state index contributed by atoms with van der Waals surface area (Å²) < 4.78 is 13.0. The van der Waals surface area contributed by atoms with E-state index in [-0.39, 0.29) is 5.41 Å². The Morgan fingerprint density at radius 1 is 0.738 bits per heavy atom. The number of morpholine rings is 1. The Bertz CT molecular complexity index is 1870. The Hall–Kier alpha value is -4.05. The van der Waals surface area contributed by atoms with E-state index in [1.54, 1.807) is 0 Å². The molecule has 4 heteroatoms. The Morgan fingerprint density at radius 2 is 1.38 bits per heavy atom. The molecule has 2 heterocycles. The Morgan fingerprint density at radius 3 is 2.12 bits per heavy atom. The van der Waals surface area contributed by atoms with Crippen molar-refractivity contribution in [3.8, 4) is 16.9 Å². The molecule has 1 fully saturated rings. The summed E-state index contributed by atoms with van der Waals surface area (Å²) in [5, 5.41) is 3.07.